The smallest absolute Gasteiger partial charge is 0.341 e. The van der Waals surface area contributed by atoms with Crippen molar-refractivity contribution in [2.24, 2.45) is 0 Å². The van der Waals surface area contributed by atoms with Crippen molar-refractivity contribution in [3.05, 3.63) is 47.7 Å². The molecule has 6 nitrogen and oxygen atoms in total. The van der Waals surface area contributed by atoms with Gasteiger partial charge in [0.25, 0.3) is 0 Å². The lowest BCUT2D eigenvalue weighted by atomic mass is 10.2. The normalized spacial score (nSPS) is 10.1. The SMILES string of the molecule is Nc1nc(Cc2ccncc2)ncc1C(=O)O. The van der Waals surface area contributed by atoms with Crippen LogP contribution in [0.3, 0.4) is 0 Å². The molecular formula is C11H10N4O2. The number of carbonyl (C=O) groups is 1. The molecule has 0 aromatic carbocycles. The van der Waals surface area contributed by atoms with E-state index in [1.54, 1.807) is 12.4 Å². The predicted molar refractivity (Wildman–Crippen MR) is 60.4 cm³/mol. The molecule has 0 atom stereocenters. The Morgan fingerprint density at radius 1 is 1.35 bits per heavy atom. The Hall–Kier alpha value is -2.50. The molecule has 0 aliphatic carbocycles. The average molecular weight is 230 g/mol. The third-order valence-electron chi connectivity index (χ3n) is 2.21. The number of aromatic nitrogens is 3. The maximum Gasteiger partial charge on any atom is 0.341 e. The molecule has 0 bridgehead atoms. The maximum absolute atomic E-state index is 10.7. The summed E-state index contributed by atoms with van der Waals surface area (Å²) in [4.78, 5) is 22.5. The molecule has 0 saturated carbocycles. The van der Waals surface area contributed by atoms with E-state index in [2.05, 4.69) is 15.0 Å². The maximum atomic E-state index is 10.7. The molecule has 86 valence electrons. The number of carboxylic acids is 1. The first kappa shape index (κ1) is 11.0. The molecule has 0 spiro atoms. The third-order valence-corrected chi connectivity index (χ3v) is 2.21. The Bertz CT molecular complexity index is 542. The monoisotopic (exact) mass is 230 g/mol. The van der Waals surface area contributed by atoms with Crippen molar-refractivity contribution in [1.82, 2.24) is 15.0 Å². The number of anilines is 1. The Morgan fingerprint density at radius 2 is 2.06 bits per heavy atom. The summed E-state index contributed by atoms with van der Waals surface area (Å²) in [6.45, 7) is 0. The van der Waals surface area contributed by atoms with Gasteiger partial charge in [0.2, 0.25) is 0 Å². The average Bonchev–Trinajstić information content (AvgIpc) is 2.30. The van der Waals surface area contributed by atoms with Crippen LogP contribution in [0.2, 0.25) is 0 Å². The van der Waals surface area contributed by atoms with Gasteiger partial charge in [-0.15, -0.1) is 0 Å². The molecule has 17 heavy (non-hydrogen) atoms. The lowest BCUT2D eigenvalue weighted by Crippen LogP contribution is -2.08. The van der Waals surface area contributed by atoms with Crippen LogP contribution >= 0.6 is 0 Å². The largest absolute Gasteiger partial charge is 0.477 e. The summed E-state index contributed by atoms with van der Waals surface area (Å²) in [6, 6.07) is 3.68. The van der Waals surface area contributed by atoms with Crippen LogP contribution in [0.5, 0.6) is 0 Å². The zero-order chi connectivity index (χ0) is 12.3. The van der Waals surface area contributed by atoms with E-state index in [9.17, 15) is 4.79 Å². The summed E-state index contributed by atoms with van der Waals surface area (Å²) < 4.78 is 0. The number of nitrogens with zero attached hydrogens (tertiary/aromatic N) is 3. The molecule has 0 fully saturated rings. The summed E-state index contributed by atoms with van der Waals surface area (Å²) in [7, 11) is 0. The van der Waals surface area contributed by atoms with Gasteiger partial charge in [0.05, 0.1) is 0 Å². The van der Waals surface area contributed by atoms with Crippen LogP contribution in [0.4, 0.5) is 5.82 Å². The summed E-state index contributed by atoms with van der Waals surface area (Å²) in [5.41, 5.74) is 6.44. The summed E-state index contributed by atoms with van der Waals surface area (Å²) >= 11 is 0. The van der Waals surface area contributed by atoms with E-state index in [1.165, 1.54) is 6.20 Å². The standard InChI is InChI=1S/C11H10N4O2/c12-10-8(11(16)17)6-14-9(15-10)5-7-1-3-13-4-2-7/h1-4,6H,5H2,(H,16,17)(H2,12,14,15). The molecule has 2 aromatic heterocycles. The molecule has 0 aliphatic heterocycles. The first-order valence-electron chi connectivity index (χ1n) is 4.90. The summed E-state index contributed by atoms with van der Waals surface area (Å²) in [6.07, 6.45) is 5.06. The molecule has 0 saturated heterocycles. The van der Waals surface area contributed by atoms with Gasteiger partial charge in [-0.05, 0) is 17.7 Å². The van der Waals surface area contributed by atoms with E-state index in [1.807, 2.05) is 12.1 Å². The minimum Gasteiger partial charge on any atom is -0.477 e. The Labute approximate surface area is 97.2 Å². The van der Waals surface area contributed by atoms with Crippen molar-refractivity contribution in [2.45, 2.75) is 6.42 Å². The van der Waals surface area contributed by atoms with Gasteiger partial charge in [-0.1, -0.05) is 0 Å². The topological polar surface area (TPSA) is 102 Å². The van der Waals surface area contributed by atoms with E-state index >= 15 is 0 Å². The van der Waals surface area contributed by atoms with Gasteiger partial charge in [0, 0.05) is 25.0 Å². The molecule has 0 unspecified atom stereocenters. The molecule has 0 radical (unpaired) electrons. The fourth-order valence-corrected chi connectivity index (χ4v) is 1.37. The van der Waals surface area contributed by atoms with Crippen LogP contribution in [0, 0.1) is 0 Å². The van der Waals surface area contributed by atoms with Crippen LogP contribution in [0.15, 0.2) is 30.7 Å². The van der Waals surface area contributed by atoms with E-state index in [4.69, 9.17) is 10.8 Å². The lowest BCUT2D eigenvalue weighted by Gasteiger charge is -2.03. The quantitative estimate of drug-likeness (QED) is 0.806. The van der Waals surface area contributed by atoms with Crippen LogP contribution < -0.4 is 5.73 Å². The van der Waals surface area contributed by atoms with E-state index in [0.717, 1.165) is 5.56 Å². The first-order chi connectivity index (χ1) is 8.16. The van der Waals surface area contributed by atoms with Gasteiger partial charge in [0.1, 0.15) is 17.2 Å². The zero-order valence-electron chi connectivity index (χ0n) is 8.87. The van der Waals surface area contributed by atoms with Crippen LogP contribution in [0.25, 0.3) is 0 Å². The van der Waals surface area contributed by atoms with Crippen molar-refractivity contribution >= 4 is 11.8 Å². The number of hydrogen-bond donors (Lipinski definition) is 2. The number of nitrogen functional groups attached to an aromatic ring is 1. The van der Waals surface area contributed by atoms with E-state index in [-0.39, 0.29) is 11.4 Å². The highest BCUT2D eigenvalue weighted by Gasteiger charge is 2.10. The van der Waals surface area contributed by atoms with Crippen LogP contribution in [-0.2, 0) is 6.42 Å². The Kier molecular flexibility index (Phi) is 2.95. The van der Waals surface area contributed by atoms with Crippen molar-refractivity contribution in [1.29, 1.82) is 0 Å². The second kappa shape index (κ2) is 4.56. The molecule has 3 N–H and O–H groups in total. The molecule has 0 amide bonds. The van der Waals surface area contributed by atoms with Crippen LogP contribution in [0.1, 0.15) is 21.7 Å². The van der Waals surface area contributed by atoms with E-state index < -0.39 is 5.97 Å². The Balaban J connectivity index is 2.24. The lowest BCUT2D eigenvalue weighted by molar-refractivity contribution is 0.0697. The number of nitrogens with two attached hydrogens (primary N) is 1. The summed E-state index contributed by atoms with van der Waals surface area (Å²) in [5.74, 6) is -0.659. The van der Waals surface area contributed by atoms with Crippen molar-refractivity contribution in [3.8, 4) is 0 Å². The van der Waals surface area contributed by atoms with Crippen molar-refractivity contribution in [2.75, 3.05) is 5.73 Å². The van der Waals surface area contributed by atoms with E-state index in [0.29, 0.717) is 12.2 Å². The zero-order valence-corrected chi connectivity index (χ0v) is 8.87. The number of pyridine rings is 1. The molecular weight excluding hydrogens is 220 g/mol. The van der Waals surface area contributed by atoms with Gasteiger partial charge >= 0.3 is 5.97 Å². The second-order valence-corrected chi connectivity index (χ2v) is 3.42. The van der Waals surface area contributed by atoms with Gasteiger partial charge in [-0.3, -0.25) is 4.98 Å². The molecule has 6 heteroatoms. The highest BCUT2D eigenvalue weighted by Crippen LogP contribution is 2.10. The third kappa shape index (κ3) is 2.54. The molecule has 0 aliphatic rings. The van der Waals surface area contributed by atoms with Gasteiger partial charge in [0.15, 0.2) is 0 Å². The highest BCUT2D eigenvalue weighted by molar-refractivity contribution is 5.92. The number of hydrogen-bond acceptors (Lipinski definition) is 5. The number of carboxylic acid groups (broad SMARTS) is 1. The minimum absolute atomic E-state index is 0.0171. The minimum atomic E-state index is -1.13. The second-order valence-electron chi connectivity index (χ2n) is 3.42. The fourth-order valence-electron chi connectivity index (χ4n) is 1.37. The van der Waals surface area contributed by atoms with Gasteiger partial charge in [-0.2, -0.15) is 0 Å². The molecule has 2 rings (SSSR count). The fraction of sp³-hybridized carbons (Fsp3) is 0.0909. The highest BCUT2D eigenvalue weighted by atomic mass is 16.4. The predicted octanol–water partition coefficient (Wildman–Crippen LogP) is 0.743. The number of rotatable bonds is 3. The van der Waals surface area contributed by atoms with Gasteiger partial charge in [-0.25, -0.2) is 14.8 Å². The van der Waals surface area contributed by atoms with Gasteiger partial charge < -0.3 is 10.8 Å². The molecule has 2 heterocycles. The van der Waals surface area contributed by atoms with Crippen molar-refractivity contribution in [3.63, 3.8) is 0 Å². The number of aromatic carboxylic acids is 1. The Morgan fingerprint density at radius 3 is 2.65 bits per heavy atom. The first-order valence-corrected chi connectivity index (χ1v) is 4.90. The van der Waals surface area contributed by atoms with Crippen molar-refractivity contribution < 1.29 is 9.90 Å². The van der Waals surface area contributed by atoms with Crippen LogP contribution in [-0.4, -0.2) is 26.0 Å². The molecule has 2 aromatic rings. The summed E-state index contributed by atoms with van der Waals surface area (Å²) in [5, 5.41) is 8.78.